The molecule has 2 aromatic heterocycles. The summed E-state index contributed by atoms with van der Waals surface area (Å²) in [5.41, 5.74) is 9.30. The molecule has 0 aromatic carbocycles. The third-order valence-corrected chi connectivity index (χ3v) is 4.49. The molecule has 0 radical (unpaired) electrons. The maximum Gasteiger partial charge on any atom is 0.139 e. The van der Waals surface area contributed by atoms with E-state index in [0.29, 0.717) is 18.7 Å². The molecule has 2 atom stereocenters. The molecule has 1 aliphatic heterocycles. The minimum absolute atomic E-state index is 0.345. The van der Waals surface area contributed by atoms with Gasteiger partial charge in [0.25, 0.3) is 0 Å². The lowest BCUT2D eigenvalue weighted by atomic mass is 9.99. The van der Waals surface area contributed by atoms with Crippen LogP contribution < -0.4 is 5.73 Å². The van der Waals surface area contributed by atoms with Gasteiger partial charge in [-0.2, -0.15) is 0 Å². The van der Waals surface area contributed by atoms with Crippen molar-refractivity contribution in [3.8, 4) is 0 Å². The zero-order valence-electron chi connectivity index (χ0n) is 12.8. The maximum atomic E-state index is 5.94. The zero-order chi connectivity index (χ0) is 14.8. The second kappa shape index (κ2) is 6.13. The maximum absolute atomic E-state index is 5.94. The molecule has 3 heterocycles. The first-order valence-corrected chi connectivity index (χ1v) is 7.61. The Hall–Kier alpha value is -1.43. The number of nitrogens with zero attached hydrogens (tertiary/aromatic N) is 3. The number of fused-ring (bicyclic) bond motifs is 1. The van der Waals surface area contributed by atoms with Crippen LogP contribution in [0.3, 0.4) is 0 Å². The molecule has 114 valence electrons. The predicted octanol–water partition coefficient (Wildman–Crippen LogP) is 1.58. The molecule has 1 fully saturated rings. The highest BCUT2D eigenvalue weighted by Gasteiger charge is 2.27. The van der Waals surface area contributed by atoms with Crippen LogP contribution in [0, 0.1) is 6.92 Å². The first-order chi connectivity index (χ1) is 10.2. The quantitative estimate of drug-likeness (QED) is 0.928. The lowest BCUT2D eigenvalue weighted by molar-refractivity contribution is 0.00983. The number of aryl methyl sites for hydroxylation is 1. The summed E-state index contributed by atoms with van der Waals surface area (Å²) in [6.45, 7) is 4.65. The van der Waals surface area contributed by atoms with Crippen molar-refractivity contribution in [3.05, 3.63) is 35.8 Å². The Balaban J connectivity index is 1.76. The Kier molecular flexibility index (Phi) is 4.24. The van der Waals surface area contributed by atoms with E-state index in [1.54, 1.807) is 7.11 Å². The van der Waals surface area contributed by atoms with Gasteiger partial charge in [-0.05, 0) is 31.4 Å². The third kappa shape index (κ3) is 2.95. The lowest BCUT2D eigenvalue weighted by Crippen LogP contribution is -2.48. The minimum Gasteiger partial charge on any atom is -0.381 e. The van der Waals surface area contributed by atoms with Gasteiger partial charge in [-0.3, -0.25) is 4.90 Å². The van der Waals surface area contributed by atoms with E-state index >= 15 is 0 Å². The van der Waals surface area contributed by atoms with E-state index in [1.165, 1.54) is 5.56 Å². The number of ether oxygens (including phenoxy) is 1. The second-order valence-electron chi connectivity index (χ2n) is 5.90. The number of piperidine rings is 1. The topological polar surface area (TPSA) is 55.8 Å². The van der Waals surface area contributed by atoms with Gasteiger partial charge in [0.15, 0.2) is 0 Å². The number of methoxy groups -OCH3 is 1. The van der Waals surface area contributed by atoms with Crippen molar-refractivity contribution in [2.45, 2.75) is 38.5 Å². The first-order valence-electron chi connectivity index (χ1n) is 7.61. The molecule has 1 aliphatic rings. The van der Waals surface area contributed by atoms with Crippen LogP contribution in [-0.2, 0) is 11.3 Å². The predicted molar refractivity (Wildman–Crippen MR) is 83.2 cm³/mol. The Labute approximate surface area is 125 Å². The normalized spacial score (nSPS) is 23.8. The summed E-state index contributed by atoms with van der Waals surface area (Å²) in [4.78, 5) is 7.20. The van der Waals surface area contributed by atoms with Crippen LogP contribution >= 0.6 is 0 Å². The van der Waals surface area contributed by atoms with E-state index in [1.807, 2.05) is 0 Å². The smallest absolute Gasteiger partial charge is 0.139 e. The van der Waals surface area contributed by atoms with Gasteiger partial charge in [0, 0.05) is 45.2 Å². The van der Waals surface area contributed by atoms with Crippen LogP contribution in [0.25, 0.3) is 5.65 Å². The summed E-state index contributed by atoms with van der Waals surface area (Å²) in [6.07, 6.45) is 6.60. The standard InChI is InChI=1S/C16H24N4O/c1-12-4-3-6-20-11-13(18-16(12)20)10-19-7-5-15(21-2)8-14(19)9-17/h3-4,6,11,14-15H,5,7-10,17H2,1-2H3. The van der Waals surface area contributed by atoms with Crippen molar-refractivity contribution >= 4 is 5.65 Å². The monoisotopic (exact) mass is 288 g/mol. The van der Waals surface area contributed by atoms with Gasteiger partial charge in [0.05, 0.1) is 11.8 Å². The van der Waals surface area contributed by atoms with Crippen molar-refractivity contribution in [1.82, 2.24) is 14.3 Å². The van der Waals surface area contributed by atoms with Crippen LogP contribution in [-0.4, -0.2) is 46.6 Å². The second-order valence-corrected chi connectivity index (χ2v) is 5.90. The van der Waals surface area contributed by atoms with E-state index < -0.39 is 0 Å². The van der Waals surface area contributed by atoms with Gasteiger partial charge in [-0.25, -0.2) is 4.98 Å². The average Bonchev–Trinajstić information content (AvgIpc) is 2.91. The van der Waals surface area contributed by atoms with Crippen molar-refractivity contribution in [2.75, 3.05) is 20.2 Å². The van der Waals surface area contributed by atoms with Crippen LogP contribution in [0.15, 0.2) is 24.5 Å². The highest BCUT2D eigenvalue weighted by molar-refractivity contribution is 5.47. The summed E-state index contributed by atoms with van der Waals surface area (Å²) in [7, 11) is 1.79. The Morgan fingerprint density at radius 1 is 1.48 bits per heavy atom. The Morgan fingerprint density at radius 3 is 3.05 bits per heavy atom. The summed E-state index contributed by atoms with van der Waals surface area (Å²) in [6, 6.07) is 4.54. The molecule has 2 unspecified atom stereocenters. The largest absolute Gasteiger partial charge is 0.381 e. The van der Waals surface area contributed by atoms with Gasteiger partial charge >= 0.3 is 0 Å². The highest BCUT2D eigenvalue weighted by Crippen LogP contribution is 2.21. The Bertz CT molecular complexity index is 609. The summed E-state index contributed by atoms with van der Waals surface area (Å²) in [5, 5.41) is 0. The van der Waals surface area contributed by atoms with E-state index in [2.05, 4.69) is 40.8 Å². The summed E-state index contributed by atoms with van der Waals surface area (Å²) >= 11 is 0. The number of imidazole rings is 1. The number of likely N-dealkylation sites (tertiary alicyclic amines) is 1. The molecule has 0 bridgehead atoms. The van der Waals surface area contributed by atoms with E-state index in [4.69, 9.17) is 15.5 Å². The zero-order valence-corrected chi connectivity index (χ0v) is 12.8. The molecular weight excluding hydrogens is 264 g/mol. The van der Waals surface area contributed by atoms with Gasteiger partial charge in [0.1, 0.15) is 5.65 Å². The van der Waals surface area contributed by atoms with Crippen molar-refractivity contribution < 1.29 is 4.74 Å². The molecule has 3 rings (SSSR count). The fourth-order valence-corrected chi connectivity index (χ4v) is 3.22. The van der Waals surface area contributed by atoms with Crippen molar-refractivity contribution in [3.63, 3.8) is 0 Å². The van der Waals surface area contributed by atoms with E-state index in [9.17, 15) is 0 Å². The molecule has 0 aliphatic carbocycles. The molecular formula is C16H24N4O. The van der Waals surface area contributed by atoms with Crippen LogP contribution in [0.4, 0.5) is 0 Å². The fraction of sp³-hybridized carbons (Fsp3) is 0.562. The van der Waals surface area contributed by atoms with E-state index in [0.717, 1.165) is 37.3 Å². The SMILES string of the molecule is COC1CCN(Cc2cn3cccc(C)c3n2)C(CN)C1. The molecule has 2 N–H and O–H groups in total. The number of nitrogens with two attached hydrogens (primary N) is 1. The van der Waals surface area contributed by atoms with E-state index in [-0.39, 0.29) is 0 Å². The van der Waals surface area contributed by atoms with Crippen LogP contribution in [0.2, 0.25) is 0 Å². The summed E-state index contributed by atoms with van der Waals surface area (Å²) < 4.78 is 7.58. The molecule has 0 saturated carbocycles. The van der Waals surface area contributed by atoms with Crippen LogP contribution in [0.5, 0.6) is 0 Å². The average molecular weight is 288 g/mol. The molecule has 5 heteroatoms. The molecule has 5 nitrogen and oxygen atoms in total. The van der Waals surface area contributed by atoms with Crippen molar-refractivity contribution in [1.29, 1.82) is 0 Å². The third-order valence-electron chi connectivity index (χ3n) is 4.49. The number of rotatable bonds is 4. The van der Waals surface area contributed by atoms with Gasteiger partial charge in [-0.15, -0.1) is 0 Å². The summed E-state index contributed by atoms with van der Waals surface area (Å²) in [5.74, 6) is 0. The fourth-order valence-electron chi connectivity index (χ4n) is 3.22. The molecule has 1 saturated heterocycles. The highest BCUT2D eigenvalue weighted by atomic mass is 16.5. The lowest BCUT2D eigenvalue weighted by Gasteiger charge is -2.38. The van der Waals surface area contributed by atoms with Gasteiger partial charge in [-0.1, -0.05) is 6.07 Å². The molecule has 0 amide bonds. The number of aromatic nitrogens is 2. The number of hydrogen-bond donors (Lipinski definition) is 1. The van der Waals surface area contributed by atoms with Crippen molar-refractivity contribution in [2.24, 2.45) is 5.73 Å². The van der Waals surface area contributed by atoms with Crippen LogP contribution in [0.1, 0.15) is 24.1 Å². The molecule has 2 aromatic rings. The minimum atomic E-state index is 0.345. The van der Waals surface area contributed by atoms with Gasteiger partial charge in [0.2, 0.25) is 0 Å². The number of hydrogen-bond acceptors (Lipinski definition) is 4. The number of pyridine rings is 1. The molecule has 21 heavy (non-hydrogen) atoms. The van der Waals surface area contributed by atoms with Gasteiger partial charge < -0.3 is 14.9 Å². The Morgan fingerprint density at radius 2 is 2.33 bits per heavy atom. The molecule has 0 spiro atoms. The first kappa shape index (κ1) is 14.5.